The van der Waals surface area contributed by atoms with Crippen molar-refractivity contribution >= 4 is 29.6 Å². The molecule has 0 fully saturated rings. The monoisotopic (exact) mass is 331 g/mol. The van der Waals surface area contributed by atoms with Crippen LogP contribution in [0.25, 0.3) is 0 Å². The number of carboxylic acid groups (broad SMARTS) is 2. The van der Waals surface area contributed by atoms with Gasteiger partial charge in [0.25, 0.3) is 5.91 Å². The molecule has 0 aliphatic heterocycles. The number of benzene rings is 2. The number of carbonyl (C=O) groups excluding carboxylic acids is 1. The quantitative estimate of drug-likeness (QED) is 0.778. The lowest BCUT2D eigenvalue weighted by Crippen LogP contribution is -2.21. The number of carbonyl (C=O) groups is 3. The maximum Gasteiger partial charge on any atom is 0.337 e. The first-order valence-electron chi connectivity index (χ1n) is 6.54. The van der Waals surface area contributed by atoms with E-state index in [0.29, 0.717) is 9.79 Å². The summed E-state index contributed by atoms with van der Waals surface area (Å²) in [7, 11) is 1.41. The number of hydrogen-bond acceptors (Lipinski definition) is 4. The van der Waals surface area contributed by atoms with E-state index in [1.54, 1.807) is 30.3 Å². The summed E-state index contributed by atoms with van der Waals surface area (Å²) in [6, 6.07) is 10.8. The Kier molecular flexibility index (Phi) is 5.02. The lowest BCUT2D eigenvalue weighted by Gasteiger charge is -2.11. The Morgan fingerprint density at radius 2 is 1.48 bits per heavy atom. The normalized spacial score (nSPS) is 10.1. The molecular formula is C16H13NO5S. The van der Waals surface area contributed by atoms with Crippen LogP contribution in [-0.2, 0) is 0 Å². The van der Waals surface area contributed by atoms with E-state index in [-0.39, 0.29) is 16.7 Å². The lowest BCUT2D eigenvalue weighted by molar-refractivity contribution is 0.0681. The van der Waals surface area contributed by atoms with Gasteiger partial charge in [0.1, 0.15) is 0 Å². The fourth-order valence-electron chi connectivity index (χ4n) is 2.01. The Bertz CT molecular complexity index is 788. The van der Waals surface area contributed by atoms with Crippen molar-refractivity contribution in [1.82, 2.24) is 5.32 Å². The van der Waals surface area contributed by atoms with Gasteiger partial charge in [0.2, 0.25) is 0 Å². The Labute approximate surface area is 136 Å². The molecule has 0 saturated carbocycles. The largest absolute Gasteiger partial charge is 0.478 e. The second kappa shape index (κ2) is 6.97. The van der Waals surface area contributed by atoms with Crippen LogP contribution in [0.4, 0.5) is 0 Å². The highest BCUT2D eigenvalue weighted by molar-refractivity contribution is 7.99. The molecule has 7 heteroatoms. The Hall–Kier alpha value is -2.80. The minimum atomic E-state index is -1.25. The van der Waals surface area contributed by atoms with Gasteiger partial charge < -0.3 is 15.5 Å². The van der Waals surface area contributed by atoms with Crippen molar-refractivity contribution in [2.24, 2.45) is 0 Å². The van der Waals surface area contributed by atoms with E-state index in [1.807, 2.05) is 0 Å². The molecule has 0 aliphatic rings. The molecule has 0 heterocycles. The fourth-order valence-corrected chi connectivity index (χ4v) is 3.11. The number of aromatic carboxylic acids is 2. The molecule has 2 aromatic rings. The van der Waals surface area contributed by atoms with Crippen LogP contribution in [-0.4, -0.2) is 35.1 Å². The van der Waals surface area contributed by atoms with Gasteiger partial charge in [-0.2, -0.15) is 0 Å². The first-order valence-corrected chi connectivity index (χ1v) is 7.36. The molecular weight excluding hydrogens is 318 g/mol. The van der Waals surface area contributed by atoms with E-state index in [9.17, 15) is 24.6 Å². The first-order chi connectivity index (χ1) is 11.0. The second-order valence-corrected chi connectivity index (χ2v) is 5.55. The zero-order chi connectivity index (χ0) is 17.0. The van der Waals surface area contributed by atoms with Crippen LogP contribution in [0.3, 0.4) is 0 Å². The average molecular weight is 331 g/mol. The lowest BCUT2D eigenvalue weighted by atomic mass is 10.1. The van der Waals surface area contributed by atoms with Gasteiger partial charge in [0.15, 0.2) is 0 Å². The third-order valence-electron chi connectivity index (χ3n) is 3.05. The highest BCUT2D eigenvalue weighted by atomic mass is 32.2. The van der Waals surface area contributed by atoms with Crippen LogP contribution in [0.1, 0.15) is 31.1 Å². The van der Waals surface area contributed by atoms with E-state index < -0.39 is 17.8 Å². The van der Waals surface area contributed by atoms with Crippen LogP contribution in [0.5, 0.6) is 0 Å². The maximum absolute atomic E-state index is 11.8. The van der Waals surface area contributed by atoms with E-state index in [2.05, 4.69) is 5.32 Å². The summed E-state index contributed by atoms with van der Waals surface area (Å²) >= 11 is 0.998. The molecule has 0 atom stereocenters. The molecule has 0 spiro atoms. The van der Waals surface area contributed by atoms with Gasteiger partial charge in [-0.1, -0.05) is 30.0 Å². The highest BCUT2D eigenvalue weighted by Crippen LogP contribution is 2.34. The van der Waals surface area contributed by atoms with E-state index >= 15 is 0 Å². The minimum absolute atomic E-state index is 0.0257. The average Bonchev–Trinajstić information content (AvgIpc) is 2.54. The molecule has 0 aliphatic carbocycles. The molecule has 6 nitrogen and oxygen atoms in total. The number of nitrogens with one attached hydrogen (secondary N) is 1. The Morgan fingerprint density at radius 3 is 2.09 bits per heavy atom. The Morgan fingerprint density at radius 1 is 0.870 bits per heavy atom. The standard InChI is InChI=1S/C16H13NO5S/c1-17-14(18)10-6-4-8-12(13(10)16(21)22)23-11-7-3-2-5-9(11)15(19)20/h2-8H,1H3,(H,17,18)(H,19,20)(H,21,22). The van der Waals surface area contributed by atoms with Crippen molar-refractivity contribution in [3.05, 3.63) is 59.2 Å². The summed E-state index contributed by atoms with van der Waals surface area (Å²) in [5, 5.41) is 21.0. The smallest absolute Gasteiger partial charge is 0.337 e. The number of rotatable bonds is 5. The number of hydrogen-bond donors (Lipinski definition) is 3. The molecule has 0 unspecified atom stereocenters. The zero-order valence-corrected chi connectivity index (χ0v) is 12.9. The van der Waals surface area contributed by atoms with Crippen molar-refractivity contribution in [2.45, 2.75) is 9.79 Å². The molecule has 3 N–H and O–H groups in total. The summed E-state index contributed by atoms with van der Waals surface area (Å²) in [4.78, 5) is 35.4. The van der Waals surface area contributed by atoms with Gasteiger partial charge in [-0.15, -0.1) is 0 Å². The van der Waals surface area contributed by atoms with Crippen molar-refractivity contribution in [3.63, 3.8) is 0 Å². The van der Waals surface area contributed by atoms with Gasteiger partial charge in [-0.3, -0.25) is 4.79 Å². The van der Waals surface area contributed by atoms with Crippen LogP contribution < -0.4 is 5.32 Å². The van der Waals surface area contributed by atoms with Gasteiger partial charge in [-0.05, 0) is 24.3 Å². The predicted octanol–water partition coefficient (Wildman–Crippen LogP) is 2.59. The van der Waals surface area contributed by atoms with Crippen molar-refractivity contribution in [2.75, 3.05) is 7.05 Å². The van der Waals surface area contributed by atoms with Crippen LogP contribution in [0.15, 0.2) is 52.3 Å². The van der Waals surface area contributed by atoms with E-state index in [1.165, 1.54) is 19.2 Å². The third kappa shape index (κ3) is 3.51. The van der Waals surface area contributed by atoms with Crippen molar-refractivity contribution < 1.29 is 24.6 Å². The number of amides is 1. The maximum atomic E-state index is 11.8. The van der Waals surface area contributed by atoms with Crippen molar-refractivity contribution in [1.29, 1.82) is 0 Å². The predicted molar refractivity (Wildman–Crippen MR) is 84.3 cm³/mol. The van der Waals surface area contributed by atoms with Crippen LogP contribution in [0.2, 0.25) is 0 Å². The topological polar surface area (TPSA) is 104 Å². The summed E-state index contributed by atoms with van der Waals surface area (Å²) in [6.45, 7) is 0. The molecule has 2 rings (SSSR count). The van der Waals surface area contributed by atoms with E-state index in [4.69, 9.17) is 0 Å². The zero-order valence-electron chi connectivity index (χ0n) is 12.1. The summed E-state index contributed by atoms with van der Waals surface area (Å²) in [5.74, 6) is -2.87. The second-order valence-electron chi connectivity index (χ2n) is 4.47. The molecule has 0 saturated heterocycles. The number of carboxylic acids is 2. The molecule has 0 radical (unpaired) electrons. The molecule has 118 valence electrons. The van der Waals surface area contributed by atoms with E-state index in [0.717, 1.165) is 11.8 Å². The fraction of sp³-hybridized carbons (Fsp3) is 0.0625. The third-order valence-corrected chi connectivity index (χ3v) is 4.19. The first kappa shape index (κ1) is 16.6. The van der Waals surface area contributed by atoms with Gasteiger partial charge >= 0.3 is 11.9 Å². The molecule has 1 amide bonds. The van der Waals surface area contributed by atoms with Gasteiger partial charge in [0, 0.05) is 16.8 Å². The highest BCUT2D eigenvalue weighted by Gasteiger charge is 2.21. The van der Waals surface area contributed by atoms with Crippen LogP contribution in [0, 0.1) is 0 Å². The summed E-state index contributed by atoms with van der Waals surface area (Å²) in [5.41, 5.74) is -0.0611. The minimum Gasteiger partial charge on any atom is -0.478 e. The summed E-state index contributed by atoms with van der Waals surface area (Å²) in [6.07, 6.45) is 0. The summed E-state index contributed by atoms with van der Waals surface area (Å²) < 4.78 is 0. The van der Waals surface area contributed by atoms with Gasteiger partial charge in [0.05, 0.1) is 16.7 Å². The molecule has 0 bridgehead atoms. The Balaban J connectivity index is 2.55. The SMILES string of the molecule is CNC(=O)c1cccc(Sc2ccccc2C(=O)O)c1C(=O)O. The van der Waals surface area contributed by atoms with Gasteiger partial charge in [-0.25, -0.2) is 9.59 Å². The van der Waals surface area contributed by atoms with Crippen LogP contribution >= 0.6 is 11.8 Å². The molecule has 0 aromatic heterocycles. The van der Waals surface area contributed by atoms with Crippen molar-refractivity contribution in [3.8, 4) is 0 Å². The molecule has 23 heavy (non-hydrogen) atoms. The molecule has 2 aromatic carbocycles.